The molecule has 6 nitrogen and oxygen atoms in total. The Morgan fingerprint density at radius 1 is 1.31 bits per heavy atom. The number of aromatic nitrogens is 2. The van der Waals surface area contributed by atoms with Crippen LogP contribution in [0.3, 0.4) is 0 Å². The molecular weight excluding hydrogens is 372 g/mol. The number of phenolic OH excluding ortho intramolecular Hbond substituents is 1. The SMILES string of the molecule is Cn1c(C=C2SC(=Nc3cc(Cl)ccc3O)NC2=O)nc2ccccc21. The fraction of sp³-hybridized carbons (Fsp3) is 0.0556. The van der Waals surface area contributed by atoms with Gasteiger partial charge in [0.15, 0.2) is 5.17 Å². The molecule has 1 fully saturated rings. The number of halogens is 1. The first-order valence-corrected chi connectivity index (χ1v) is 8.90. The maximum atomic E-state index is 12.3. The maximum absolute atomic E-state index is 12.3. The molecule has 0 aliphatic carbocycles. The molecule has 1 aliphatic rings. The molecule has 0 radical (unpaired) electrons. The van der Waals surface area contributed by atoms with Crippen LogP contribution in [0.15, 0.2) is 52.4 Å². The molecule has 1 saturated heterocycles. The lowest BCUT2D eigenvalue weighted by Crippen LogP contribution is -2.19. The third-order valence-corrected chi connectivity index (χ3v) is 5.04. The number of fused-ring (bicyclic) bond motifs is 1. The van der Waals surface area contributed by atoms with Gasteiger partial charge >= 0.3 is 0 Å². The Kier molecular flexibility index (Phi) is 4.18. The molecule has 2 N–H and O–H groups in total. The average molecular weight is 385 g/mol. The van der Waals surface area contributed by atoms with Crippen LogP contribution in [-0.2, 0) is 11.8 Å². The standard InChI is InChI=1S/C18H13ClN4O2S/c1-23-13-5-3-2-4-11(13)20-16(23)9-15-17(25)22-18(26-15)21-12-8-10(19)6-7-14(12)24/h2-9,24H,1H3,(H,21,22,25). The molecule has 1 aromatic heterocycles. The number of thioether (sulfide) groups is 1. The second-order valence-electron chi connectivity index (χ2n) is 5.63. The van der Waals surface area contributed by atoms with E-state index in [0.717, 1.165) is 11.0 Å². The number of amidine groups is 1. The predicted octanol–water partition coefficient (Wildman–Crippen LogP) is 3.82. The van der Waals surface area contributed by atoms with Crippen LogP contribution >= 0.6 is 23.4 Å². The lowest BCUT2D eigenvalue weighted by molar-refractivity contribution is -0.115. The van der Waals surface area contributed by atoms with Crippen molar-refractivity contribution in [2.24, 2.45) is 12.0 Å². The first-order chi connectivity index (χ1) is 12.5. The van der Waals surface area contributed by atoms with Gasteiger partial charge in [-0.15, -0.1) is 0 Å². The lowest BCUT2D eigenvalue weighted by atomic mass is 10.3. The minimum atomic E-state index is -0.262. The number of hydrogen-bond acceptors (Lipinski definition) is 5. The number of nitrogens with one attached hydrogen (secondary N) is 1. The Balaban J connectivity index is 1.67. The third kappa shape index (κ3) is 3.07. The van der Waals surface area contributed by atoms with E-state index in [9.17, 15) is 9.90 Å². The summed E-state index contributed by atoms with van der Waals surface area (Å²) in [6, 6.07) is 12.3. The molecule has 0 bridgehead atoms. The number of benzene rings is 2. The summed E-state index contributed by atoms with van der Waals surface area (Å²) in [5, 5.41) is 13.4. The highest BCUT2D eigenvalue weighted by molar-refractivity contribution is 8.18. The second-order valence-corrected chi connectivity index (χ2v) is 7.10. The van der Waals surface area contributed by atoms with Gasteiger partial charge in [0.25, 0.3) is 5.91 Å². The first kappa shape index (κ1) is 16.7. The number of aromatic hydroxyl groups is 1. The van der Waals surface area contributed by atoms with Crippen molar-refractivity contribution in [3.63, 3.8) is 0 Å². The van der Waals surface area contributed by atoms with Crippen LogP contribution < -0.4 is 5.32 Å². The van der Waals surface area contributed by atoms with Crippen molar-refractivity contribution in [2.45, 2.75) is 0 Å². The smallest absolute Gasteiger partial charge is 0.264 e. The Hall–Kier alpha value is -2.77. The molecule has 2 heterocycles. The van der Waals surface area contributed by atoms with E-state index in [1.165, 1.54) is 23.9 Å². The molecule has 0 saturated carbocycles. The van der Waals surface area contributed by atoms with Crippen molar-refractivity contribution >= 4 is 57.2 Å². The summed E-state index contributed by atoms with van der Waals surface area (Å²) in [4.78, 5) is 21.5. The predicted molar refractivity (Wildman–Crippen MR) is 105 cm³/mol. The van der Waals surface area contributed by atoms with E-state index in [1.54, 1.807) is 12.1 Å². The van der Waals surface area contributed by atoms with E-state index in [-0.39, 0.29) is 11.7 Å². The number of aliphatic imine (C=N–C) groups is 1. The van der Waals surface area contributed by atoms with Gasteiger partial charge in [0.2, 0.25) is 0 Å². The van der Waals surface area contributed by atoms with E-state index in [0.29, 0.717) is 26.6 Å². The summed E-state index contributed by atoms with van der Waals surface area (Å²) >= 11 is 7.11. The fourth-order valence-electron chi connectivity index (χ4n) is 2.59. The second kappa shape index (κ2) is 6.51. The summed E-state index contributed by atoms with van der Waals surface area (Å²) < 4.78 is 1.92. The molecule has 8 heteroatoms. The highest BCUT2D eigenvalue weighted by Gasteiger charge is 2.25. The van der Waals surface area contributed by atoms with E-state index in [2.05, 4.69) is 15.3 Å². The summed E-state index contributed by atoms with van der Waals surface area (Å²) in [7, 11) is 1.90. The Morgan fingerprint density at radius 3 is 2.92 bits per heavy atom. The molecule has 4 rings (SSSR count). The summed E-state index contributed by atoms with van der Waals surface area (Å²) in [6.45, 7) is 0. The molecule has 0 atom stereocenters. The monoisotopic (exact) mass is 384 g/mol. The van der Waals surface area contributed by atoms with Crippen LogP contribution in [0.25, 0.3) is 17.1 Å². The van der Waals surface area contributed by atoms with E-state index in [4.69, 9.17) is 11.6 Å². The molecule has 3 aromatic rings. The molecule has 0 spiro atoms. The van der Waals surface area contributed by atoms with Gasteiger partial charge in [-0.25, -0.2) is 9.98 Å². The Morgan fingerprint density at radius 2 is 2.12 bits per heavy atom. The normalized spacial score (nSPS) is 17.4. The number of carbonyl (C=O) groups is 1. The summed E-state index contributed by atoms with van der Waals surface area (Å²) in [5.41, 5.74) is 2.15. The lowest BCUT2D eigenvalue weighted by Gasteiger charge is -2.00. The van der Waals surface area contributed by atoms with Crippen molar-refractivity contribution in [3.8, 4) is 5.75 Å². The van der Waals surface area contributed by atoms with Crippen molar-refractivity contribution in [1.29, 1.82) is 0 Å². The number of phenols is 1. The van der Waals surface area contributed by atoms with E-state index >= 15 is 0 Å². The number of aryl methyl sites for hydroxylation is 1. The maximum Gasteiger partial charge on any atom is 0.264 e. The number of imidazole rings is 1. The van der Waals surface area contributed by atoms with Crippen LogP contribution in [0, 0.1) is 0 Å². The van der Waals surface area contributed by atoms with Crippen molar-refractivity contribution in [2.75, 3.05) is 0 Å². The number of para-hydroxylation sites is 2. The summed E-state index contributed by atoms with van der Waals surface area (Å²) in [5.74, 6) is 0.405. The van der Waals surface area contributed by atoms with Gasteiger partial charge in [-0.3, -0.25) is 4.79 Å². The van der Waals surface area contributed by atoms with Crippen LogP contribution in [-0.4, -0.2) is 25.7 Å². The van der Waals surface area contributed by atoms with Crippen molar-refractivity contribution < 1.29 is 9.90 Å². The highest BCUT2D eigenvalue weighted by atomic mass is 35.5. The number of nitrogens with zero attached hydrogens (tertiary/aromatic N) is 3. The zero-order valence-electron chi connectivity index (χ0n) is 13.6. The van der Waals surface area contributed by atoms with Gasteiger partial charge in [0.1, 0.15) is 17.3 Å². The van der Waals surface area contributed by atoms with Gasteiger partial charge in [0.05, 0.1) is 15.9 Å². The van der Waals surface area contributed by atoms with Gasteiger partial charge in [-0.1, -0.05) is 23.7 Å². The van der Waals surface area contributed by atoms with E-state index in [1.807, 2.05) is 35.9 Å². The summed E-state index contributed by atoms with van der Waals surface area (Å²) in [6.07, 6.45) is 1.72. The fourth-order valence-corrected chi connectivity index (χ4v) is 3.56. The number of carbonyl (C=O) groups excluding carboxylic acids is 1. The van der Waals surface area contributed by atoms with Gasteiger partial charge in [0, 0.05) is 18.1 Å². The van der Waals surface area contributed by atoms with E-state index < -0.39 is 0 Å². The number of rotatable bonds is 2. The van der Waals surface area contributed by atoms with Crippen molar-refractivity contribution in [1.82, 2.24) is 14.9 Å². The number of amides is 1. The zero-order valence-corrected chi connectivity index (χ0v) is 15.2. The number of hydrogen-bond donors (Lipinski definition) is 2. The molecule has 0 unspecified atom stereocenters. The quantitative estimate of drug-likeness (QED) is 0.658. The highest BCUT2D eigenvalue weighted by Crippen LogP contribution is 2.33. The largest absolute Gasteiger partial charge is 0.506 e. The van der Waals surface area contributed by atoms with Crippen LogP contribution in [0.2, 0.25) is 5.02 Å². The minimum Gasteiger partial charge on any atom is -0.506 e. The molecular formula is C18H13ClN4O2S. The molecule has 1 amide bonds. The Labute approximate surface area is 158 Å². The topological polar surface area (TPSA) is 79.5 Å². The first-order valence-electron chi connectivity index (χ1n) is 7.71. The molecule has 1 aliphatic heterocycles. The van der Waals surface area contributed by atoms with Crippen LogP contribution in [0.4, 0.5) is 5.69 Å². The molecule has 26 heavy (non-hydrogen) atoms. The average Bonchev–Trinajstić information content (AvgIpc) is 3.12. The van der Waals surface area contributed by atoms with Crippen LogP contribution in [0.5, 0.6) is 5.75 Å². The Bertz CT molecular complexity index is 1100. The molecule has 2 aromatic carbocycles. The van der Waals surface area contributed by atoms with Gasteiger partial charge in [-0.2, -0.15) is 0 Å². The van der Waals surface area contributed by atoms with Gasteiger partial charge in [-0.05, 0) is 42.1 Å². The van der Waals surface area contributed by atoms with Crippen LogP contribution in [0.1, 0.15) is 5.82 Å². The van der Waals surface area contributed by atoms with Gasteiger partial charge < -0.3 is 15.0 Å². The minimum absolute atomic E-state index is 0.00969. The third-order valence-electron chi connectivity index (χ3n) is 3.89. The molecule has 130 valence electrons. The zero-order chi connectivity index (χ0) is 18.3. The van der Waals surface area contributed by atoms with Crippen molar-refractivity contribution in [3.05, 3.63) is 58.2 Å².